The van der Waals surface area contributed by atoms with E-state index in [2.05, 4.69) is 86.0 Å². The first-order valence-corrected chi connectivity index (χ1v) is 19.1. The summed E-state index contributed by atoms with van der Waals surface area (Å²) in [4.78, 5) is 5.69. The third kappa shape index (κ3) is 12.2. The van der Waals surface area contributed by atoms with E-state index in [0.717, 1.165) is 45.3 Å². The number of hydrogen-bond acceptors (Lipinski definition) is 4. The van der Waals surface area contributed by atoms with E-state index in [9.17, 15) is 0 Å². The first-order valence-electron chi connectivity index (χ1n) is 19.1. The summed E-state index contributed by atoms with van der Waals surface area (Å²) in [7, 11) is 0. The van der Waals surface area contributed by atoms with Gasteiger partial charge in [-0.15, -0.1) is 0 Å². The molecule has 0 amide bonds. The van der Waals surface area contributed by atoms with Crippen LogP contribution in [0.25, 0.3) is 0 Å². The largest absolute Gasteiger partial charge is 0.378 e. The fourth-order valence-corrected chi connectivity index (χ4v) is 8.52. The zero-order valence-electron chi connectivity index (χ0n) is 31.2. The highest BCUT2D eigenvalue weighted by Crippen LogP contribution is 2.44. The lowest BCUT2D eigenvalue weighted by molar-refractivity contribution is -0.127. The standard InChI is InChI=1S/C39H78N2O2/c1-12-14-16-18-20-24-40-36(32(3)4)28-34(29-37(40,7)8)42-26-22-23-27-43-35-30-38(9,10)41(25-21-19-17-15-13-2)39(11,31-35)33(5)6/h32-36H,12-31H2,1-11H3. The van der Waals surface area contributed by atoms with Crippen molar-refractivity contribution in [2.75, 3.05) is 26.3 Å². The Hall–Kier alpha value is -0.160. The van der Waals surface area contributed by atoms with Crippen molar-refractivity contribution in [2.45, 2.75) is 214 Å². The summed E-state index contributed by atoms with van der Waals surface area (Å²) in [6.45, 7) is 30.8. The molecule has 0 aromatic rings. The Bertz CT molecular complexity index is 735. The highest BCUT2D eigenvalue weighted by Gasteiger charge is 2.49. The second-order valence-corrected chi connectivity index (χ2v) is 16.7. The van der Waals surface area contributed by atoms with E-state index in [1.165, 1.54) is 83.7 Å². The molecule has 4 nitrogen and oxygen atoms in total. The van der Waals surface area contributed by atoms with E-state index in [1.54, 1.807) is 0 Å². The molecule has 2 saturated heterocycles. The third-order valence-corrected chi connectivity index (χ3v) is 11.4. The molecular formula is C39H78N2O2. The van der Waals surface area contributed by atoms with Crippen LogP contribution in [-0.2, 0) is 9.47 Å². The van der Waals surface area contributed by atoms with Gasteiger partial charge in [-0.2, -0.15) is 0 Å². The highest BCUT2D eigenvalue weighted by molar-refractivity contribution is 5.04. The first kappa shape index (κ1) is 39.0. The molecule has 2 heterocycles. The molecule has 0 spiro atoms. The van der Waals surface area contributed by atoms with Crippen LogP contribution in [0.1, 0.15) is 179 Å². The molecule has 2 aliphatic heterocycles. The van der Waals surface area contributed by atoms with Crippen LogP contribution in [0, 0.1) is 11.8 Å². The Balaban J connectivity index is 1.78. The molecule has 256 valence electrons. The lowest BCUT2D eigenvalue weighted by atomic mass is 9.71. The van der Waals surface area contributed by atoms with Gasteiger partial charge in [0.1, 0.15) is 0 Å². The van der Waals surface area contributed by atoms with Crippen LogP contribution >= 0.6 is 0 Å². The Morgan fingerprint density at radius 1 is 0.605 bits per heavy atom. The van der Waals surface area contributed by atoms with Crippen LogP contribution < -0.4 is 0 Å². The van der Waals surface area contributed by atoms with Crippen molar-refractivity contribution in [1.82, 2.24) is 9.80 Å². The highest BCUT2D eigenvalue weighted by atomic mass is 16.5. The number of likely N-dealkylation sites (tertiary alicyclic amines) is 2. The number of ether oxygens (including phenoxy) is 2. The minimum atomic E-state index is 0.180. The summed E-state index contributed by atoms with van der Waals surface area (Å²) < 4.78 is 13.2. The van der Waals surface area contributed by atoms with Gasteiger partial charge < -0.3 is 9.47 Å². The summed E-state index contributed by atoms with van der Waals surface area (Å²) in [5, 5.41) is 0. The van der Waals surface area contributed by atoms with Crippen molar-refractivity contribution in [2.24, 2.45) is 11.8 Å². The molecule has 2 fully saturated rings. The van der Waals surface area contributed by atoms with E-state index < -0.39 is 0 Å². The van der Waals surface area contributed by atoms with Crippen LogP contribution in [0.3, 0.4) is 0 Å². The summed E-state index contributed by atoms with van der Waals surface area (Å²) in [6, 6.07) is 0.629. The number of nitrogens with zero attached hydrogens (tertiary/aromatic N) is 2. The Morgan fingerprint density at radius 3 is 1.65 bits per heavy atom. The SMILES string of the molecule is CCCCCCCN1C(C(C)C)CC(OCCCCOC2CC(C)(C)N(CCCCCCC)C(C)(C(C)C)C2)CC1(C)C. The molecule has 0 aliphatic carbocycles. The van der Waals surface area contributed by atoms with Gasteiger partial charge in [-0.05, 0) is 111 Å². The molecule has 0 N–H and O–H groups in total. The zero-order valence-corrected chi connectivity index (χ0v) is 31.2. The van der Waals surface area contributed by atoms with E-state index >= 15 is 0 Å². The summed E-state index contributed by atoms with van der Waals surface area (Å²) in [6.07, 6.45) is 21.2. The molecule has 2 aliphatic rings. The molecule has 0 aromatic heterocycles. The summed E-state index contributed by atoms with van der Waals surface area (Å²) >= 11 is 0. The lowest BCUT2D eigenvalue weighted by Gasteiger charge is -2.58. The quantitative estimate of drug-likeness (QED) is 0.121. The van der Waals surface area contributed by atoms with Crippen molar-refractivity contribution in [3.8, 4) is 0 Å². The van der Waals surface area contributed by atoms with Gasteiger partial charge in [0, 0.05) is 35.9 Å². The van der Waals surface area contributed by atoms with Gasteiger partial charge in [-0.3, -0.25) is 9.80 Å². The zero-order chi connectivity index (χ0) is 32.1. The number of piperidine rings is 2. The van der Waals surface area contributed by atoms with E-state index in [1.807, 2.05) is 0 Å². The molecule has 0 bridgehead atoms. The fraction of sp³-hybridized carbons (Fsp3) is 1.00. The average Bonchev–Trinajstić information content (AvgIpc) is 2.91. The Morgan fingerprint density at radius 2 is 1.12 bits per heavy atom. The number of rotatable bonds is 21. The van der Waals surface area contributed by atoms with Gasteiger partial charge in [0.2, 0.25) is 0 Å². The predicted molar refractivity (Wildman–Crippen MR) is 188 cm³/mol. The maximum Gasteiger partial charge on any atom is 0.0610 e. The monoisotopic (exact) mass is 607 g/mol. The van der Waals surface area contributed by atoms with Gasteiger partial charge in [0.05, 0.1) is 12.2 Å². The lowest BCUT2D eigenvalue weighted by Crippen LogP contribution is -2.65. The van der Waals surface area contributed by atoms with Crippen LogP contribution in [0.5, 0.6) is 0 Å². The molecule has 4 atom stereocenters. The van der Waals surface area contributed by atoms with Gasteiger partial charge in [-0.25, -0.2) is 0 Å². The van der Waals surface area contributed by atoms with Gasteiger partial charge in [0.25, 0.3) is 0 Å². The van der Waals surface area contributed by atoms with Crippen LogP contribution in [0.2, 0.25) is 0 Å². The van der Waals surface area contributed by atoms with Crippen LogP contribution in [0.4, 0.5) is 0 Å². The molecule has 4 unspecified atom stereocenters. The third-order valence-electron chi connectivity index (χ3n) is 11.4. The molecule has 43 heavy (non-hydrogen) atoms. The molecule has 2 rings (SSSR count). The minimum Gasteiger partial charge on any atom is -0.378 e. The molecule has 4 heteroatoms. The van der Waals surface area contributed by atoms with E-state index in [4.69, 9.17) is 9.47 Å². The number of hydrogen-bond donors (Lipinski definition) is 0. The summed E-state index contributed by atoms with van der Waals surface area (Å²) in [5.74, 6) is 1.29. The first-order chi connectivity index (χ1) is 20.3. The molecule has 0 saturated carbocycles. The Labute approximate surface area is 270 Å². The second kappa shape index (κ2) is 18.9. The predicted octanol–water partition coefficient (Wildman–Crippen LogP) is 10.7. The molecule has 0 radical (unpaired) electrons. The fourth-order valence-electron chi connectivity index (χ4n) is 8.52. The maximum atomic E-state index is 6.63. The average molecular weight is 607 g/mol. The maximum absolute atomic E-state index is 6.63. The van der Waals surface area contributed by atoms with Crippen molar-refractivity contribution in [1.29, 1.82) is 0 Å². The van der Waals surface area contributed by atoms with Crippen molar-refractivity contribution in [3.05, 3.63) is 0 Å². The minimum absolute atomic E-state index is 0.180. The molecular weight excluding hydrogens is 528 g/mol. The van der Waals surface area contributed by atoms with Gasteiger partial charge in [0.15, 0.2) is 0 Å². The smallest absolute Gasteiger partial charge is 0.0610 e. The van der Waals surface area contributed by atoms with Crippen LogP contribution in [0.15, 0.2) is 0 Å². The van der Waals surface area contributed by atoms with Crippen molar-refractivity contribution in [3.63, 3.8) is 0 Å². The Kier molecular flexibility index (Phi) is 17.1. The van der Waals surface area contributed by atoms with E-state index in [-0.39, 0.29) is 16.6 Å². The van der Waals surface area contributed by atoms with Crippen molar-refractivity contribution >= 4 is 0 Å². The van der Waals surface area contributed by atoms with Crippen molar-refractivity contribution < 1.29 is 9.47 Å². The van der Waals surface area contributed by atoms with Crippen LogP contribution in [-0.4, -0.2) is 71.0 Å². The number of unbranched alkanes of at least 4 members (excludes halogenated alkanes) is 9. The van der Waals surface area contributed by atoms with Gasteiger partial charge in [-0.1, -0.05) is 92.9 Å². The van der Waals surface area contributed by atoms with Gasteiger partial charge >= 0.3 is 0 Å². The topological polar surface area (TPSA) is 24.9 Å². The van der Waals surface area contributed by atoms with E-state index in [0.29, 0.717) is 30.1 Å². The molecule has 0 aromatic carbocycles. The summed E-state index contributed by atoms with van der Waals surface area (Å²) in [5.41, 5.74) is 0.594. The second-order valence-electron chi connectivity index (χ2n) is 16.7. The normalized spacial score (nSPS) is 28.3.